The number of carbonyl (C=O) groups is 1. The predicted molar refractivity (Wildman–Crippen MR) is 129 cm³/mol. The Bertz CT molecular complexity index is 1240. The van der Waals surface area contributed by atoms with Gasteiger partial charge in [0.1, 0.15) is 0 Å². The Hall–Kier alpha value is -2.85. The van der Waals surface area contributed by atoms with E-state index in [9.17, 15) is 22.8 Å². The summed E-state index contributed by atoms with van der Waals surface area (Å²) in [6, 6.07) is 11.5. The maximum absolute atomic E-state index is 13.3. The second-order valence-electron chi connectivity index (χ2n) is 8.25. The molecule has 1 fully saturated rings. The number of benzene rings is 2. The summed E-state index contributed by atoms with van der Waals surface area (Å²) in [5, 5.41) is 0.688. The first-order valence-electron chi connectivity index (χ1n) is 11.5. The standard InChI is InChI=1S/C25H26F3N3O3S/c26-25(27,28)18-7-6-8-19(17-18)31-23(33)20-9-3-4-10-21(20)29-24(31)35-16-5-1-2-11-22(32)30-12-14-34-15-13-30/h3-4,6-10,17H,1-2,5,11-16H2. The second-order valence-corrected chi connectivity index (χ2v) is 9.31. The van der Waals surface area contributed by atoms with Gasteiger partial charge in [0.2, 0.25) is 5.91 Å². The molecule has 35 heavy (non-hydrogen) atoms. The zero-order chi connectivity index (χ0) is 24.8. The van der Waals surface area contributed by atoms with Gasteiger partial charge in [-0.2, -0.15) is 13.2 Å². The maximum atomic E-state index is 13.3. The van der Waals surface area contributed by atoms with Crippen molar-refractivity contribution in [2.45, 2.75) is 37.0 Å². The van der Waals surface area contributed by atoms with Crippen LogP contribution >= 0.6 is 11.8 Å². The van der Waals surface area contributed by atoms with Crippen LogP contribution in [0.2, 0.25) is 0 Å². The third-order valence-electron chi connectivity index (χ3n) is 5.81. The number of thioether (sulfide) groups is 1. The summed E-state index contributed by atoms with van der Waals surface area (Å²) in [7, 11) is 0. The lowest BCUT2D eigenvalue weighted by molar-refractivity contribution is -0.137. The zero-order valence-electron chi connectivity index (χ0n) is 19.1. The lowest BCUT2D eigenvalue weighted by Crippen LogP contribution is -2.40. The SMILES string of the molecule is O=C(CCCCCSc1nc2ccccc2c(=O)n1-c1cccc(C(F)(F)F)c1)N1CCOCC1. The number of hydrogen-bond acceptors (Lipinski definition) is 5. The van der Waals surface area contributed by atoms with E-state index in [0.29, 0.717) is 54.5 Å². The Labute approximate surface area is 205 Å². The lowest BCUT2D eigenvalue weighted by atomic mass is 10.2. The van der Waals surface area contributed by atoms with Gasteiger partial charge in [0.05, 0.1) is 35.4 Å². The van der Waals surface area contributed by atoms with Crippen LogP contribution in [0.5, 0.6) is 0 Å². The summed E-state index contributed by atoms with van der Waals surface area (Å²) in [4.78, 5) is 31.9. The van der Waals surface area contributed by atoms with Gasteiger partial charge in [-0.05, 0) is 43.2 Å². The number of para-hydroxylation sites is 1. The van der Waals surface area contributed by atoms with Crippen molar-refractivity contribution in [1.29, 1.82) is 0 Å². The fourth-order valence-electron chi connectivity index (χ4n) is 3.95. The molecule has 0 saturated carbocycles. The van der Waals surface area contributed by atoms with Gasteiger partial charge in [0, 0.05) is 25.3 Å². The number of alkyl halides is 3. The zero-order valence-corrected chi connectivity index (χ0v) is 19.9. The molecule has 0 spiro atoms. The summed E-state index contributed by atoms with van der Waals surface area (Å²) < 4.78 is 46.4. The minimum Gasteiger partial charge on any atom is -0.378 e. The van der Waals surface area contributed by atoms with Crippen LogP contribution in [0.15, 0.2) is 58.5 Å². The third kappa shape index (κ3) is 6.24. The molecule has 0 unspecified atom stereocenters. The highest BCUT2D eigenvalue weighted by atomic mass is 32.2. The highest BCUT2D eigenvalue weighted by Gasteiger charge is 2.31. The van der Waals surface area contributed by atoms with Crippen LogP contribution in [0.1, 0.15) is 31.2 Å². The summed E-state index contributed by atoms with van der Waals surface area (Å²) in [6.45, 7) is 2.42. The number of ether oxygens (including phenoxy) is 1. The summed E-state index contributed by atoms with van der Waals surface area (Å²) in [5.41, 5.74) is -0.606. The van der Waals surface area contributed by atoms with Gasteiger partial charge < -0.3 is 9.64 Å². The first-order chi connectivity index (χ1) is 16.8. The topological polar surface area (TPSA) is 64.4 Å². The van der Waals surface area contributed by atoms with Crippen molar-refractivity contribution in [3.63, 3.8) is 0 Å². The highest BCUT2D eigenvalue weighted by molar-refractivity contribution is 7.99. The van der Waals surface area contributed by atoms with E-state index >= 15 is 0 Å². The van der Waals surface area contributed by atoms with Crippen LogP contribution in [0.3, 0.4) is 0 Å². The number of rotatable bonds is 8. The van der Waals surface area contributed by atoms with Gasteiger partial charge >= 0.3 is 6.18 Å². The molecule has 1 aliphatic rings. The van der Waals surface area contributed by atoms with Crippen molar-refractivity contribution in [3.05, 3.63) is 64.4 Å². The molecule has 2 aromatic carbocycles. The van der Waals surface area contributed by atoms with E-state index in [1.807, 2.05) is 4.90 Å². The predicted octanol–water partition coefficient (Wildman–Crippen LogP) is 4.92. The molecule has 2 heterocycles. The number of amides is 1. The van der Waals surface area contributed by atoms with E-state index in [4.69, 9.17) is 4.74 Å². The molecule has 10 heteroatoms. The van der Waals surface area contributed by atoms with E-state index in [-0.39, 0.29) is 11.6 Å². The molecule has 1 amide bonds. The molecule has 1 aliphatic heterocycles. The molecule has 4 rings (SSSR count). The van der Waals surface area contributed by atoms with Crippen LogP contribution in [-0.4, -0.2) is 52.4 Å². The van der Waals surface area contributed by atoms with Crippen molar-refractivity contribution in [1.82, 2.24) is 14.5 Å². The number of fused-ring (bicyclic) bond motifs is 1. The van der Waals surface area contributed by atoms with Crippen LogP contribution in [0.4, 0.5) is 13.2 Å². The average Bonchev–Trinajstić information content (AvgIpc) is 2.86. The molecule has 186 valence electrons. The Morgan fingerprint density at radius 2 is 1.80 bits per heavy atom. The Morgan fingerprint density at radius 3 is 2.57 bits per heavy atom. The van der Waals surface area contributed by atoms with Crippen molar-refractivity contribution < 1.29 is 22.7 Å². The number of morpholine rings is 1. The molecular formula is C25H26F3N3O3S. The fraction of sp³-hybridized carbons (Fsp3) is 0.400. The summed E-state index contributed by atoms with van der Waals surface area (Å²) in [5.74, 6) is 0.755. The van der Waals surface area contributed by atoms with Crippen LogP contribution in [-0.2, 0) is 15.7 Å². The van der Waals surface area contributed by atoms with Gasteiger partial charge in [-0.15, -0.1) is 0 Å². The maximum Gasteiger partial charge on any atom is 0.416 e. The fourth-order valence-corrected chi connectivity index (χ4v) is 4.96. The number of unbranched alkanes of at least 4 members (excludes halogenated alkanes) is 2. The largest absolute Gasteiger partial charge is 0.416 e. The van der Waals surface area contributed by atoms with E-state index in [1.54, 1.807) is 24.3 Å². The minimum atomic E-state index is -4.52. The van der Waals surface area contributed by atoms with Crippen LogP contribution < -0.4 is 5.56 Å². The molecule has 0 atom stereocenters. The molecule has 0 aliphatic carbocycles. The Morgan fingerprint density at radius 1 is 1.03 bits per heavy atom. The normalized spacial score (nSPS) is 14.4. The second kappa shape index (κ2) is 11.3. The van der Waals surface area contributed by atoms with Gasteiger partial charge in [-0.3, -0.25) is 14.2 Å². The number of halogens is 3. The monoisotopic (exact) mass is 505 g/mol. The Kier molecular flexibility index (Phi) is 8.12. The Balaban J connectivity index is 1.46. The first kappa shape index (κ1) is 25.2. The van der Waals surface area contributed by atoms with Gasteiger partial charge in [-0.25, -0.2) is 4.98 Å². The summed E-state index contributed by atoms with van der Waals surface area (Å²) >= 11 is 1.33. The van der Waals surface area contributed by atoms with E-state index in [0.717, 1.165) is 31.4 Å². The van der Waals surface area contributed by atoms with Crippen molar-refractivity contribution in [2.24, 2.45) is 0 Å². The number of nitrogens with zero attached hydrogens (tertiary/aromatic N) is 3. The van der Waals surface area contributed by atoms with Crippen LogP contribution in [0.25, 0.3) is 16.6 Å². The molecule has 0 radical (unpaired) electrons. The highest BCUT2D eigenvalue weighted by Crippen LogP contribution is 2.31. The van der Waals surface area contributed by atoms with Gasteiger partial charge in [-0.1, -0.05) is 36.4 Å². The molecule has 0 bridgehead atoms. The smallest absolute Gasteiger partial charge is 0.378 e. The van der Waals surface area contributed by atoms with Crippen LogP contribution in [0, 0.1) is 0 Å². The molecular weight excluding hydrogens is 479 g/mol. The average molecular weight is 506 g/mol. The quantitative estimate of drug-likeness (QED) is 0.247. The van der Waals surface area contributed by atoms with E-state index in [1.165, 1.54) is 28.5 Å². The van der Waals surface area contributed by atoms with E-state index in [2.05, 4.69) is 4.98 Å². The van der Waals surface area contributed by atoms with Gasteiger partial charge in [0.25, 0.3) is 5.56 Å². The summed E-state index contributed by atoms with van der Waals surface area (Å²) in [6.07, 6.45) is -1.68. The molecule has 1 saturated heterocycles. The van der Waals surface area contributed by atoms with E-state index < -0.39 is 17.3 Å². The minimum absolute atomic E-state index is 0.127. The van der Waals surface area contributed by atoms with Crippen molar-refractivity contribution >= 4 is 28.6 Å². The number of hydrogen-bond donors (Lipinski definition) is 0. The third-order valence-corrected chi connectivity index (χ3v) is 6.83. The number of aromatic nitrogens is 2. The van der Waals surface area contributed by atoms with Crippen molar-refractivity contribution in [2.75, 3.05) is 32.1 Å². The first-order valence-corrected chi connectivity index (χ1v) is 12.5. The molecule has 1 aromatic heterocycles. The van der Waals surface area contributed by atoms with Crippen molar-refractivity contribution in [3.8, 4) is 5.69 Å². The molecule has 0 N–H and O–H groups in total. The molecule has 3 aromatic rings. The molecule has 6 nitrogen and oxygen atoms in total. The lowest BCUT2D eigenvalue weighted by Gasteiger charge is -2.26. The number of carbonyl (C=O) groups excluding carboxylic acids is 1. The van der Waals surface area contributed by atoms with Gasteiger partial charge in [0.15, 0.2) is 5.16 Å².